The summed E-state index contributed by atoms with van der Waals surface area (Å²) in [4.78, 5) is 17.1. The first-order valence-electron chi connectivity index (χ1n) is 10.1. The van der Waals surface area contributed by atoms with Crippen molar-refractivity contribution in [3.05, 3.63) is 6.33 Å². The molecule has 0 aromatic carbocycles. The molecule has 3 aliphatic rings. The predicted molar refractivity (Wildman–Crippen MR) is 96.7 cm³/mol. The van der Waals surface area contributed by atoms with E-state index >= 15 is 0 Å². The number of hydrogen-bond acceptors (Lipinski definition) is 7. The number of aromatic nitrogens is 4. The molecule has 1 amide bonds. The minimum absolute atomic E-state index is 0.0234. The number of aliphatic hydroxyl groups excluding tert-OH is 1. The molecule has 1 aromatic rings. The normalized spacial score (nSPS) is 27.1. The van der Waals surface area contributed by atoms with Gasteiger partial charge in [0.25, 0.3) is 0 Å². The number of carbonyl (C=O) groups excluding carboxylic acids is 1. The molecule has 4 heterocycles. The minimum Gasteiger partial charge on any atom is -0.396 e. The molecule has 4 rings (SSSR count). The fourth-order valence-corrected chi connectivity index (χ4v) is 5.12. The highest BCUT2D eigenvalue weighted by Gasteiger charge is 2.46. The molecule has 9 heteroatoms. The number of piperidine rings is 2. The van der Waals surface area contributed by atoms with Crippen LogP contribution in [0.1, 0.15) is 32.1 Å². The Balaban J connectivity index is 1.34. The molecular formula is C18H30N6O3. The third-order valence-corrected chi connectivity index (χ3v) is 6.95. The summed E-state index contributed by atoms with van der Waals surface area (Å²) in [7, 11) is 0. The van der Waals surface area contributed by atoms with Crippen LogP contribution in [0.2, 0.25) is 0 Å². The second kappa shape index (κ2) is 8.20. The summed E-state index contributed by atoms with van der Waals surface area (Å²) in [5.74, 6) is 0.177. The van der Waals surface area contributed by atoms with Crippen LogP contribution in [0.5, 0.6) is 0 Å². The molecule has 0 unspecified atom stereocenters. The molecule has 0 saturated carbocycles. The van der Waals surface area contributed by atoms with E-state index in [0.29, 0.717) is 12.6 Å². The molecule has 1 spiro atoms. The Bertz CT molecular complexity index is 611. The third-order valence-electron chi connectivity index (χ3n) is 6.95. The molecule has 0 aliphatic carbocycles. The second-order valence-electron chi connectivity index (χ2n) is 8.22. The van der Waals surface area contributed by atoms with Crippen molar-refractivity contribution >= 4 is 5.91 Å². The van der Waals surface area contributed by atoms with Crippen molar-refractivity contribution in [1.29, 1.82) is 0 Å². The summed E-state index contributed by atoms with van der Waals surface area (Å²) in [6, 6.07) is 0.654. The van der Waals surface area contributed by atoms with Gasteiger partial charge in [0.15, 0.2) is 0 Å². The highest BCUT2D eigenvalue weighted by Crippen LogP contribution is 2.45. The zero-order chi connectivity index (χ0) is 18.7. The van der Waals surface area contributed by atoms with Crippen LogP contribution in [-0.4, -0.2) is 93.1 Å². The summed E-state index contributed by atoms with van der Waals surface area (Å²) in [5.41, 5.74) is 0.169. The van der Waals surface area contributed by atoms with Crippen LogP contribution in [0.3, 0.4) is 0 Å². The van der Waals surface area contributed by atoms with Crippen LogP contribution in [0.4, 0.5) is 0 Å². The molecule has 1 N–H and O–H groups in total. The average Bonchev–Trinajstić information content (AvgIpc) is 3.22. The molecule has 3 fully saturated rings. The van der Waals surface area contributed by atoms with Crippen molar-refractivity contribution < 1.29 is 14.6 Å². The number of ether oxygens (including phenoxy) is 1. The molecule has 150 valence electrons. The zero-order valence-corrected chi connectivity index (χ0v) is 15.9. The van der Waals surface area contributed by atoms with Gasteiger partial charge in [-0.2, -0.15) is 0 Å². The second-order valence-corrected chi connectivity index (χ2v) is 8.22. The molecule has 27 heavy (non-hydrogen) atoms. The number of nitrogens with zero attached hydrogens (tertiary/aromatic N) is 6. The van der Waals surface area contributed by atoms with Crippen LogP contribution in [0.15, 0.2) is 6.33 Å². The zero-order valence-electron chi connectivity index (χ0n) is 15.9. The topological polar surface area (TPSA) is 96.6 Å². The van der Waals surface area contributed by atoms with E-state index in [9.17, 15) is 9.90 Å². The number of likely N-dealkylation sites (tertiary alicyclic amines) is 2. The lowest BCUT2D eigenvalue weighted by molar-refractivity contribution is -0.139. The van der Waals surface area contributed by atoms with E-state index in [1.54, 1.807) is 0 Å². The number of hydrogen-bond donors (Lipinski definition) is 1. The Morgan fingerprint density at radius 1 is 1.19 bits per heavy atom. The number of rotatable bonds is 4. The molecular weight excluding hydrogens is 348 g/mol. The fraction of sp³-hybridized carbons (Fsp3) is 0.889. The van der Waals surface area contributed by atoms with Gasteiger partial charge in [-0.05, 0) is 61.0 Å². The first-order chi connectivity index (χ1) is 13.2. The van der Waals surface area contributed by atoms with Gasteiger partial charge >= 0.3 is 0 Å². The summed E-state index contributed by atoms with van der Waals surface area (Å²) < 4.78 is 6.95. The number of tetrazole rings is 1. The fourth-order valence-electron chi connectivity index (χ4n) is 5.12. The van der Waals surface area contributed by atoms with E-state index in [-0.39, 0.29) is 30.4 Å². The summed E-state index contributed by atoms with van der Waals surface area (Å²) in [5, 5.41) is 21.0. The van der Waals surface area contributed by atoms with Gasteiger partial charge in [-0.1, -0.05) is 0 Å². The maximum atomic E-state index is 12.6. The highest BCUT2D eigenvalue weighted by molar-refractivity contribution is 5.76. The van der Waals surface area contributed by atoms with Crippen LogP contribution >= 0.6 is 0 Å². The molecule has 9 nitrogen and oxygen atoms in total. The standard InChI is InChI=1S/C18H30N6O3/c25-13-15-11-23(17(26)12-24-14-19-20-21-24)8-5-18(15)3-6-22(7-4-18)16-1-9-27-10-2-16/h14-16,25H,1-13H2/t15-/m1/s1. The van der Waals surface area contributed by atoms with E-state index in [1.165, 1.54) is 11.0 Å². The Kier molecular flexibility index (Phi) is 5.70. The van der Waals surface area contributed by atoms with E-state index in [0.717, 1.165) is 65.0 Å². The van der Waals surface area contributed by atoms with Crippen LogP contribution < -0.4 is 0 Å². The average molecular weight is 378 g/mol. The summed E-state index contributed by atoms with van der Waals surface area (Å²) in [6.07, 6.45) is 6.93. The third kappa shape index (κ3) is 4.00. The van der Waals surface area contributed by atoms with Crippen molar-refractivity contribution in [2.24, 2.45) is 11.3 Å². The van der Waals surface area contributed by atoms with Crippen molar-refractivity contribution in [2.45, 2.75) is 44.7 Å². The minimum atomic E-state index is 0.0234. The Labute approximate surface area is 159 Å². The van der Waals surface area contributed by atoms with E-state index < -0.39 is 0 Å². The lowest BCUT2D eigenvalue weighted by Crippen LogP contribution is -2.56. The SMILES string of the molecule is O=C(Cn1cnnn1)N1CCC2(CCN(C3CCOCC3)CC2)[C@@H](CO)C1. The Morgan fingerprint density at radius 2 is 1.93 bits per heavy atom. The number of amides is 1. The van der Waals surface area contributed by atoms with E-state index in [2.05, 4.69) is 20.4 Å². The van der Waals surface area contributed by atoms with Crippen LogP contribution in [-0.2, 0) is 16.1 Å². The molecule has 1 atom stereocenters. The monoisotopic (exact) mass is 378 g/mol. The van der Waals surface area contributed by atoms with E-state index in [4.69, 9.17) is 4.74 Å². The summed E-state index contributed by atoms with van der Waals surface area (Å²) in [6.45, 7) is 5.65. The molecule has 0 radical (unpaired) electrons. The quantitative estimate of drug-likeness (QED) is 0.773. The Morgan fingerprint density at radius 3 is 2.59 bits per heavy atom. The van der Waals surface area contributed by atoms with Gasteiger partial charge in [-0.3, -0.25) is 4.79 Å². The molecule has 0 bridgehead atoms. The van der Waals surface area contributed by atoms with Gasteiger partial charge in [0.2, 0.25) is 5.91 Å². The maximum absolute atomic E-state index is 12.6. The molecule has 3 aliphatic heterocycles. The number of aliphatic hydroxyl groups is 1. The summed E-state index contributed by atoms with van der Waals surface area (Å²) >= 11 is 0. The van der Waals surface area contributed by atoms with Gasteiger partial charge in [0.05, 0.1) is 0 Å². The largest absolute Gasteiger partial charge is 0.396 e. The first kappa shape index (κ1) is 18.8. The predicted octanol–water partition coefficient (Wildman–Crippen LogP) is -0.225. The van der Waals surface area contributed by atoms with E-state index in [1.807, 2.05) is 4.90 Å². The van der Waals surface area contributed by atoms with Crippen molar-refractivity contribution in [1.82, 2.24) is 30.0 Å². The van der Waals surface area contributed by atoms with Gasteiger partial charge in [-0.25, -0.2) is 4.68 Å². The smallest absolute Gasteiger partial charge is 0.244 e. The van der Waals surface area contributed by atoms with Gasteiger partial charge in [-0.15, -0.1) is 5.10 Å². The van der Waals surface area contributed by atoms with Crippen LogP contribution in [0.25, 0.3) is 0 Å². The number of carbonyl (C=O) groups is 1. The molecule has 1 aromatic heterocycles. The van der Waals surface area contributed by atoms with Gasteiger partial charge in [0.1, 0.15) is 12.9 Å². The van der Waals surface area contributed by atoms with Crippen LogP contribution in [0, 0.1) is 11.3 Å². The van der Waals surface area contributed by atoms with Crippen molar-refractivity contribution in [2.75, 3.05) is 46.0 Å². The highest BCUT2D eigenvalue weighted by atomic mass is 16.5. The van der Waals surface area contributed by atoms with Gasteiger partial charge < -0.3 is 19.6 Å². The lowest BCUT2D eigenvalue weighted by atomic mass is 9.64. The van der Waals surface area contributed by atoms with Crippen molar-refractivity contribution in [3.63, 3.8) is 0 Å². The lowest BCUT2D eigenvalue weighted by Gasteiger charge is -2.52. The Hall–Kier alpha value is -1.58. The van der Waals surface area contributed by atoms with Gasteiger partial charge in [0, 0.05) is 44.9 Å². The van der Waals surface area contributed by atoms with Crippen molar-refractivity contribution in [3.8, 4) is 0 Å². The molecule has 3 saturated heterocycles. The first-order valence-corrected chi connectivity index (χ1v) is 10.1. The maximum Gasteiger partial charge on any atom is 0.244 e.